The van der Waals surface area contributed by atoms with Gasteiger partial charge in [0, 0.05) is 0 Å². The summed E-state index contributed by atoms with van der Waals surface area (Å²) in [6.07, 6.45) is -2.28. The summed E-state index contributed by atoms with van der Waals surface area (Å²) in [5.41, 5.74) is 1.17. The summed E-state index contributed by atoms with van der Waals surface area (Å²) < 4.78 is 4.97. The molecular formula is C17H17NO5. The van der Waals surface area contributed by atoms with Gasteiger partial charge < -0.3 is 20.3 Å². The molecule has 0 aliphatic rings. The molecule has 0 aliphatic heterocycles. The Morgan fingerprint density at radius 2 is 1.57 bits per heavy atom. The average molecular weight is 315 g/mol. The monoisotopic (exact) mass is 315 g/mol. The molecule has 2 atom stereocenters. The van der Waals surface area contributed by atoms with Crippen LogP contribution in [0.1, 0.15) is 17.2 Å². The second-order valence-corrected chi connectivity index (χ2v) is 4.88. The minimum atomic E-state index is -1.50. The van der Waals surface area contributed by atoms with Crippen molar-refractivity contribution in [3.05, 3.63) is 71.8 Å². The lowest BCUT2D eigenvalue weighted by Gasteiger charge is -2.20. The number of carbonyl (C=O) groups is 2. The van der Waals surface area contributed by atoms with Gasteiger partial charge >= 0.3 is 12.1 Å². The number of amides is 1. The lowest BCUT2D eigenvalue weighted by Crippen LogP contribution is -2.45. The maximum Gasteiger partial charge on any atom is 0.408 e. The highest BCUT2D eigenvalue weighted by atomic mass is 16.5. The average Bonchev–Trinajstić information content (AvgIpc) is 2.58. The maximum absolute atomic E-state index is 11.8. The molecule has 0 bridgehead atoms. The maximum atomic E-state index is 11.8. The molecule has 0 heterocycles. The minimum Gasteiger partial charge on any atom is -0.480 e. The third-order valence-corrected chi connectivity index (χ3v) is 3.21. The van der Waals surface area contributed by atoms with Crippen LogP contribution in [-0.4, -0.2) is 28.3 Å². The van der Waals surface area contributed by atoms with E-state index in [9.17, 15) is 19.8 Å². The normalized spacial score (nSPS) is 12.9. The zero-order valence-corrected chi connectivity index (χ0v) is 12.3. The van der Waals surface area contributed by atoms with Crippen molar-refractivity contribution < 1.29 is 24.5 Å². The fourth-order valence-corrected chi connectivity index (χ4v) is 2.01. The summed E-state index contributed by atoms with van der Waals surface area (Å²) in [7, 11) is 0. The number of aliphatic hydroxyl groups excluding tert-OH is 1. The molecule has 120 valence electrons. The Morgan fingerprint density at radius 1 is 1.00 bits per heavy atom. The molecule has 0 aromatic heterocycles. The van der Waals surface area contributed by atoms with E-state index in [1.54, 1.807) is 54.6 Å². The van der Waals surface area contributed by atoms with Crippen LogP contribution >= 0.6 is 0 Å². The first kappa shape index (κ1) is 16.5. The van der Waals surface area contributed by atoms with Gasteiger partial charge in [0.15, 0.2) is 6.04 Å². The number of aliphatic carboxylic acids is 1. The van der Waals surface area contributed by atoms with Gasteiger partial charge in [0.1, 0.15) is 12.7 Å². The summed E-state index contributed by atoms with van der Waals surface area (Å²) in [5, 5.41) is 21.5. The second kappa shape index (κ2) is 7.95. The first-order chi connectivity index (χ1) is 11.1. The van der Waals surface area contributed by atoms with Crippen molar-refractivity contribution in [2.24, 2.45) is 0 Å². The van der Waals surface area contributed by atoms with Crippen molar-refractivity contribution in [1.29, 1.82) is 0 Å². The number of nitrogens with one attached hydrogen (secondary N) is 1. The van der Waals surface area contributed by atoms with Crippen LogP contribution in [0.4, 0.5) is 4.79 Å². The van der Waals surface area contributed by atoms with Gasteiger partial charge in [-0.15, -0.1) is 0 Å². The first-order valence-corrected chi connectivity index (χ1v) is 7.01. The van der Waals surface area contributed by atoms with Crippen LogP contribution in [0.25, 0.3) is 0 Å². The van der Waals surface area contributed by atoms with Crippen molar-refractivity contribution in [1.82, 2.24) is 5.32 Å². The number of rotatable bonds is 6. The molecule has 0 spiro atoms. The third kappa shape index (κ3) is 4.82. The fourth-order valence-electron chi connectivity index (χ4n) is 2.01. The van der Waals surface area contributed by atoms with E-state index in [0.29, 0.717) is 5.56 Å². The van der Waals surface area contributed by atoms with Gasteiger partial charge in [0.05, 0.1) is 0 Å². The van der Waals surface area contributed by atoms with Crippen molar-refractivity contribution in [3.63, 3.8) is 0 Å². The minimum absolute atomic E-state index is 0.0143. The van der Waals surface area contributed by atoms with Crippen LogP contribution in [0, 0.1) is 0 Å². The highest BCUT2D eigenvalue weighted by Gasteiger charge is 2.29. The van der Waals surface area contributed by atoms with E-state index in [-0.39, 0.29) is 6.61 Å². The van der Waals surface area contributed by atoms with Gasteiger partial charge in [-0.3, -0.25) is 0 Å². The topological polar surface area (TPSA) is 95.9 Å². The smallest absolute Gasteiger partial charge is 0.408 e. The number of hydrogen-bond acceptors (Lipinski definition) is 4. The van der Waals surface area contributed by atoms with Crippen LogP contribution in [0.5, 0.6) is 0 Å². The van der Waals surface area contributed by atoms with Gasteiger partial charge in [-0.05, 0) is 11.1 Å². The lowest BCUT2D eigenvalue weighted by molar-refractivity contribution is -0.142. The van der Waals surface area contributed by atoms with E-state index in [1.807, 2.05) is 6.07 Å². The number of aliphatic hydroxyl groups is 1. The van der Waals surface area contributed by atoms with Crippen LogP contribution < -0.4 is 5.32 Å². The van der Waals surface area contributed by atoms with Gasteiger partial charge in [0.25, 0.3) is 0 Å². The number of carboxylic acid groups (broad SMARTS) is 1. The Hall–Kier alpha value is -2.86. The number of ether oxygens (including phenoxy) is 1. The molecule has 0 saturated carbocycles. The highest BCUT2D eigenvalue weighted by molar-refractivity contribution is 5.80. The molecule has 1 amide bonds. The van der Waals surface area contributed by atoms with E-state index in [4.69, 9.17) is 4.74 Å². The van der Waals surface area contributed by atoms with Crippen LogP contribution in [0.3, 0.4) is 0 Å². The molecule has 6 nitrogen and oxygen atoms in total. The van der Waals surface area contributed by atoms with Gasteiger partial charge in [0.2, 0.25) is 0 Å². The van der Waals surface area contributed by atoms with E-state index in [2.05, 4.69) is 5.32 Å². The van der Waals surface area contributed by atoms with E-state index in [0.717, 1.165) is 5.56 Å². The van der Waals surface area contributed by atoms with Crippen molar-refractivity contribution in [2.75, 3.05) is 0 Å². The summed E-state index contributed by atoms with van der Waals surface area (Å²) in [5.74, 6) is -1.35. The fraction of sp³-hybridized carbons (Fsp3) is 0.176. The molecule has 2 aromatic rings. The third-order valence-electron chi connectivity index (χ3n) is 3.21. The van der Waals surface area contributed by atoms with E-state index < -0.39 is 24.2 Å². The molecule has 0 saturated heterocycles. The number of hydrogen-bond donors (Lipinski definition) is 3. The molecule has 6 heteroatoms. The zero-order chi connectivity index (χ0) is 16.7. The van der Waals surface area contributed by atoms with Crippen LogP contribution in [-0.2, 0) is 16.1 Å². The number of alkyl carbamates (subject to hydrolysis) is 1. The molecule has 2 rings (SSSR count). The Bertz CT molecular complexity index is 645. The number of carboxylic acids is 1. The SMILES string of the molecule is O=C(N[C@H](C(=O)O)[C@H](O)c1ccccc1)OCc1ccccc1. The highest BCUT2D eigenvalue weighted by Crippen LogP contribution is 2.17. The molecule has 2 aromatic carbocycles. The predicted octanol–water partition coefficient (Wildman–Crippen LogP) is 2.10. The Morgan fingerprint density at radius 3 is 2.13 bits per heavy atom. The molecule has 0 radical (unpaired) electrons. The Balaban J connectivity index is 1.96. The summed E-state index contributed by atoms with van der Waals surface area (Å²) in [6, 6.07) is 15.7. The standard InChI is InChI=1S/C17H17NO5/c19-15(13-9-5-2-6-10-13)14(16(20)21)18-17(22)23-11-12-7-3-1-4-8-12/h1-10,14-15,19H,11H2,(H,18,22)(H,20,21)/t14-,15+/m0/s1. The van der Waals surface area contributed by atoms with E-state index >= 15 is 0 Å². The molecule has 0 aliphatic carbocycles. The molecule has 23 heavy (non-hydrogen) atoms. The zero-order valence-electron chi connectivity index (χ0n) is 12.3. The van der Waals surface area contributed by atoms with Crippen molar-refractivity contribution in [3.8, 4) is 0 Å². The number of benzene rings is 2. The summed E-state index contributed by atoms with van der Waals surface area (Å²) >= 11 is 0. The van der Waals surface area contributed by atoms with Crippen molar-refractivity contribution in [2.45, 2.75) is 18.8 Å². The number of carbonyl (C=O) groups excluding carboxylic acids is 1. The summed E-state index contributed by atoms with van der Waals surface area (Å²) in [4.78, 5) is 23.1. The van der Waals surface area contributed by atoms with Crippen molar-refractivity contribution >= 4 is 12.1 Å². The second-order valence-electron chi connectivity index (χ2n) is 4.88. The predicted molar refractivity (Wildman–Crippen MR) is 82.6 cm³/mol. The van der Waals surface area contributed by atoms with Gasteiger partial charge in [-0.2, -0.15) is 0 Å². The molecular weight excluding hydrogens is 298 g/mol. The quantitative estimate of drug-likeness (QED) is 0.758. The van der Waals surface area contributed by atoms with Gasteiger partial charge in [-0.25, -0.2) is 9.59 Å². The molecule has 0 fully saturated rings. The lowest BCUT2D eigenvalue weighted by atomic mass is 10.0. The van der Waals surface area contributed by atoms with Gasteiger partial charge in [-0.1, -0.05) is 60.7 Å². The summed E-state index contributed by atoms with van der Waals surface area (Å²) in [6.45, 7) is 0.0143. The first-order valence-electron chi connectivity index (χ1n) is 7.01. The van der Waals surface area contributed by atoms with Crippen LogP contribution in [0.15, 0.2) is 60.7 Å². The molecule has 0 unspecified atom stereocenters. The van der Waals surface area contributed by atoms with E-state index in [1.165, 1.54) is 0 Å². The Labute approximate surface area is 133 Å². The molecule has 3 N–H and O–H groups in total. The Kier molecular flexibility index (Phi) is 5.71. The van der Waals surface area contributed by atoms with Crippen LogP contribution in [0.2, 0.25) is 0 Å². The largest absolute Gasteiger partial charge is 0.480 e.